The van der Waals surface area contributed by atoms with Crippen molar-refractivity contribution in [1.29, 1.82) is 0 Å². The molecule has 11 heavy (non-hydrogen) atoms. The van der Waals surface area contributed by atoms with Gasteiger partial charge in [-0.05, 0) is 12.8 Å². The predicted molar refractivity (Wildman–Crippen MR) is 43.8 cm³/mol. The van der Waals surface area contributed by atoms with E-state index >= 15 is 0 Å². The van der Waals surface area contributed by atoms with E-state index in [4.69, 9.17) is 14.2 Å². The van der Waals surface area contributed by atoms with Gasteiger partial charge in [-0.2, -0.15) is 0 Å². The number of rotatable bonds is 8. The molecule has 0 aromatic heterocycles. The van der Waals surface area contributed by atoms with Crippen LogP contribution in [0.15, 0.2) is 0 Å². The monoisotopic (exact) mass is 162 g/mol. The van der Waals surface area contributed by atoms with E-state index in [1.165, 1.54) is 0 Å². The van der Waals surface area contributed by atoms with Crippen molar-refractivity contribution >= 4 is 0 Å². The quantitative estimate of drug-likeness (QED) is 0.500. The maximum atomic E-state index is 5.24. The Hall–Kier alpha value is -0.120. The third kappa shape index (κ3) is 9.88. The maximum absolute atomic E-state index is 5.24. The Morgan fingerprint density at radius 1 is 0.727 bits per heavy atom. The summed E-state index contributed by atoms with van der Waals surface area (Å²) in [7, 11) is 3.39. The van der Waals surface area contributed by atoms with Crippen LogP contribution in [0.1, 0.15) is 12.8 Å². The van der Waals surface area contributed by atoms with Gasteiger partial charge in [0.15, 0.2) is 0 Å². The second-order valence-corrected chi connectivity index (χ2v) is 2.31. The number of hydrogen-bond donors (Lipinski definition) is 0. The van der Waals surface area contributed by atoms with E-state index in [9.17, 15) is 0 Å². The standard InChI is InChI=1S/C8H18O3/c1-9-5-3-4-6-11-8-7-10-2/h3-8H2,1-2H3. The average Bonchev–Trinajstić information content (AvgIpc) is 2.03. The van der Waals surface area contributed by atoms with Crippen molar-refractivity contribution in [3.8, 4) is 0 Å². The van der Waals surface area contributed by atoms with Gasteiger partial charge in [0.1, 0.15) is 0 Å². The molecule has 3 heteroatoms. The van der Waals surface area contributed by atoms with Gasteiger partial charge in [-0.3, -0.25) is 0 Å². The Bertz CT molecular complexity index is 58.4. The van der Waals surface area contributed by atoms with E-state index in [2.05, 4.69) is 0 Å². The molecule has 0 unspecified atom stereocenters. The lowest BCUT2D eigenvalue weighted by molar-refractivity contribution is 0.0656. The van der Waals surface area contributed by atoms with Gasteiger partial charge in [0, 0.05) is 27.4 Å². The second kappa shape index (κ2) is 9.88. The van der Waals surface area contributed by atoms with Crippen molar-refractivity contribution in [3.63, 3.8) is 0 Å². The van der Waals surface area contributed by atoms with E-state index in [0.29, 0.717) is 13.2 Å². The summed E-state index contributed by atoms with van der Waals surface area (Å²) in [6.07, 6.45) is 2.14. The molecule has 0 fully saturated rings. The van der Waals surface area contributed by atoms with Crippen molar-refractivity contribution < 1.29 is 14.2 Å². The van der Waals surface area contributed by atoms with Crippen LogP contribution >= 0.6 is 0 Å². The smallest absolute Gasteiger partial charge is 0.0700 e. The molecule has 0 aromatic carbocycles. The SMILES string of the molecule is COCCCCOCCOC. The molecule has 0 saturated carbocycles. The lowest BCUT2D eigenvalue weighted by Crippen LogP contribution is -2.03. The molecule has 0 N–H and O–H groups in total. The summed E-state index contributed by atoms with van der Waals surface area (Å²) in [6, 6.07) is 0. The zero-order valence-electron chi connectivity index (χ0n) is 7.47. The van der Waals surface area contributed by atoms with Crippen molar-refractivity contribution in [2.24, 2.45) is 0 Å². The summed E-state index contributed by atoms with van der Waals surface area (Å²) in [6.45, 7) is 3.02. The molecule has 0 saturated heterocycles. The van der Waals surface area contributed by atoms with Crippen LogP contribution in [0.2, 0.25) is 0 Å². The largest absolute Gasteiger partial charge is 0.385 e. The van der Waals surface area contributed by atoms with E-state index in [0.717, 1.165) is 26.1 Å². The van der Waals surface area contributed by atoms with E-state index in [1.807, 2.05) is 0 Å². The number of ether oxygens (including phenoxy) is 3. The average molecular weight is 162 g/mol. The summed E-state index contributed by atoms with van der Waals surface area (Å²) < 4.78 is 14.9. The Morgan fingerprint density at radius 3 is 2.00 bits per heavy atom. The highest BCUT2D eigenvalue weighted by Gasteiger charge is 1.88. The molecular weight excluding hydrogens is 144 g/mol. The van der Waals surface area contributed by atoms with Gasteiger partial charge < -0.3 is 14.2 Å². The summed E-state index contributed by atoms with van der Waals surface area (Å²) in [5, 5.41) is 0. The van der Waals surface area contributed by atoms with Gasteiger partial charge in [0.05, 0.1) is 13.2 Å². The van der Waals surface area contributed by atoms with Gasteiger partial charge >= 0.3 is 0 Å². The summed E-state index contributed by atoms with van der Waals surface area (Å²) in [4.78, 5) is 0. The first-order valence-electron chi connectivity index (χ1n) is 3.97. The highest BCUT2D eigenvalue weighted by atomic mass is 16.5. The topological polar surface area (TPSA) is 27.7 Å². The molecule has 68 valence electrons. The number of hydrogen-bond acceptors (Lipinski definition) is 3. The van der Waals surface area contributed by atoms with Crippen molar-refractivity contribution in [2.75, 3.05) is 40.6 Å². The molecule has 0 spiro atoms. The van der Waals surface area contributed by atoms with Crippen molar-refractivity contribution in [2.45, 2.75) is 12.8 Å². The van der Waals surface area contributed by atoms with E-state index in [1.54, 1.807) is 14.2 Å². The third-order valence-corrected chi connectivity index (χ3v) is 1.32. The zero-order valence-corrected chi connectivity index (χ0v) is 7.47. The Labute approximate surface area is 68.6 Å². The van der Waals surface area contributed by atoms with E-state index in [-0.39, 0.29) is 0 Å². The molecule has 0 rings (SSSR count). The fraction of sp³-hybridized carbons (Fsp3) is 1.00. The normalized spacial score (nSPS) is 10.4. The van der Waals surface area contributed by atoms with Crippen LogP contribution < -0.4 is 0 Å². The summed E-state index contributed by atoms with van der Waals surface area (Å²) in [5.74, 6) is 0. The van der Waals surface area contributed by atoms with Crippen molar-refractivity contribution in [1.82, 2.24) is 0 Å². The van der Waals surface area contributed by atoms with Crippen LogP contribution in [0.25, 0.3) is 0 Å². The Kier molecular flexibility index (Phi) is 9.77. The minimum absolute atomic E-state index is 0.685. The molecular formula is C8H18O3. The van der Waals surface area contributed by atoms with Crippen LogP contribution in [0, 0.1) is 0 Å². The highest BCUT2D eigenvalue weighted by molar-refractivity contribution is 4.37. The van der Waals surface area contributed by atoms with Crippen LogP contribution in [-0.4, -0.2) is 40.6 Å². The third-order valence-electron chi connectivity index (χ3n) is 1.32. The van der Waals surface area contributed by atoms with Crippen LogP contribution in [0.4, 0.5) is 0 Å². The fourth-order valence-electron chi connectivity index (χ4n) is 0.695. The predicted octanol–water partition coefficient (Wildman–Crippen LogP) is 1.08. The summed E-state index contributed by atoms with van der Waals surface area (Å²) >= 11 is 0. The van der Waals surface area contributed by atoms with Crippen LogP contribution in [0.5, 0.6) is 0 Å². The molecule has 0 atom stereocenters. The Morgan fingerprint density at radius 2 is 1.36 bits per heavy atom. The fourth-order valence-corrected chi connectivity index (χ4v) is 0.695. The van der Waals surface area contributed by atoms with Crippen molar-refractivity contribution in [3.05, 3.63) is 0 Å². The molecule has 0 aliphatic carbocycles. The van der Waals surface area contributed by atoms with Crippen LogP contribution in [0.3, 0.4) is 0 Å². The molecule has 0 radical (unpaired) electrons. The van der Waals surface area contributed by atoms with Crippen LogP contribution in [-0.2, 0) is 14.2 Å². The lowest BCUT2D eigenvalue weighted by Gasteiger charge is -2.02. The zero-order chi connectivity index (χ0) is 8.36. The Balaban J connectivity index is 2.69. The van der Waals surface area contributed by atoms with Gasteiger partial charge in [-0.1, -0.05) is 0 Å². The first kappa shape index (κ1) is 10.9. The molecule has 0 aliphatic heterocycles. The first-order chi connectivity index (χ1) is 5.41. The van der Waals surface area contributed by atoms with Gasteiger partial charge in [-0.15, -0.1) is 0 Å². The number of methoxy groups -OCH3 is 2. The first-order valence-corrected chi connectivity index (χ1v) is 3.97. The minimum Gasteiger partial charge on any atom is -0.385 e. The van der Waals surface area contributed by atoms with E-state index < -0.39 is 0 Å². The maximum Gasteiger partial charge on any atom is 0.0700 e. The molecule has 0 bridgehead atoms. The second-order valence-electron chi connectivity index (χ2n) is 2.31. The van der Waals surface area contributed by atoms with Gasteiger partial charge in [0.2, 0.25) is 0 Å². The molecule has 0 aromatic rings. The molecule has 3 nitrogen and oxygen atoms in total. The molecule has 0 aliphatic rings. The summed E-state index contributed by atoms with van der Waals surface area (Å²) in [5.41, 5.74) is 0. The molecule has 0 heterocycles. The molecule has 0 amide bonds. The minimum atomic E-state index is 0.685. The lowest BCUT2D eigenvalue weighted by atomic mass is 10.3. The number of unbranched alkanes of at least 4 members (excludes halogenated alkanes) is 1. The highest BCUT2D eigenvalue weighted by Crippen LogP contribution is 1.89. The van der Waals surface area contributed by atoms with Gasteiger partial charge in [-0.25, -0.2) is 0 Å². The van der Waals surface area contributed by atoms with Gasteiger partial charge in [0.25, 0.3) is 0 Å².